The molecule has 0 spiro atoms. The molecule has 4 heterocycles. The summed E-state index contributed by atoms with van der Waals surface area (Å²) in [5.41, 5.74) is 9.82. The zero-order chi connectivity index (χ0) is 23.0. The van der Waals surface area contributed by atoms with Gasteiger partial charge >= 0.3 is 0 Å². The maximum absolute atomic E-state index is 12.4. The molecule has 5 rings (SSSR count). The van der Waals surface area contributed by atoms with Crippen molar-refractivity contribution in [3.63, 3.8) is 0 Å². The summed E-state index contributed by atoms with van der Waals surface area (Å²) in [7, 11) is -1.98. The average Bonchev–Trinajstić information content (AvgIpc) is 3.43. The molecular weight excluding hydrogens is 440 g/mol. The Morgan fingerprint density at radius 2 is 1.76 bits per heavy atom. The smallest absolute Gasteiger partial charge is 0.259 e. The van der Waals surface area contributed by atoms with Crippen molar-refractivity contribution in [1.82, 2.24) is 33.8 Å². The lowest BCUT2D eigenvalue weighted by atomic mass is 10.2. The Balaban J connectivity index is 1.48. The number of fused-ring (bicyclic) bond motifs is 1. The van der Waals surface area contributed by atoms with Crippen LogP contribution < -0.4 is 10.5 Å². The second-order valence-corrected chi connectivity index (χ2v) is 9.14. The Labute approximate surface area is 189 Å². The third kappa shape index (κ3) is 3.95. The SMILES string of the molecule is Cn1cnc(S(=O)(=O)NCc2ccc(-n3c(-c4cccnc4N)nc4cccnc43)cc2)c1. The fourth-order valence-corrected chi connectivity index (χ4v) is 4.48. The topological polar surface area (TPSA) is 134 Å². The van der Waals surface area contributed by atoms with Crippen molar-refractivity contribution < 1.29 is 8.42 Å². The number of benzene rings is 1. The molecular formula is C22H20N8O2S. The molecule has 3 N–H and O–H groups in total. The van der Waals surface area contributed by atoms with Gasteiger partial charge in [0.2, 0.25) is 0 Å². The summed E-state index contributed by atoms with van der Waals surface area (Å²) in [6.07, 6.45) is 6.23. The monoisotopic (exact) mass is 460 g/mol. The van der Waals surface area contributed by atoms with Gasteiger partial charge in [0.25, 0.3) is 10.0 Å². The van der Waals surface area contributed by atoms with Crippen molar-refractivity contribution in [2.75, 3.05) is 5.73 Å². The summed E-state index contributed by atoms with van der Waals surface area (Å²) in [6, 6.07) is 14.8. The van der Waals surface area contributed by atoms with Gasteiger partial charge in [-0.1, -0.05) is 12.1 Å². The van der Waals surface area contributed by atoms with Crippen LogP contribution in [0.15, 0.2) is 78.5 Å². The van der Waals surface area contributed by atoms with E-state index in [0.29, 0.717) is 22.9 Å². The first kappa shape index (κ1) is 20.8. The minimum atomic E-state index is -3.70. The Bertz CT molecular complexity index is 1560. The van der Waals surface area contributed by atoms with E-state index < -0.39 is 10.0 Å². The molecule has 0 saturated carbocycles. The molecule has 0 atom stereocenters. The van der Waals surface area contributed by atoms with Gasteiger partial charge in [0.05, 0.1) is 11.9 Å². The number of aryl methyl sites for hydroxylation is 1. The van der Waals surface area contributed by atoms with E-state index in [1.54, 1.807) is 30.1 Å². The zero-order valence-corrected chi connectivity index (χ0v) is 18.4. The van der Waals surface area contributed by atoms with E-state index >= 15 is 0 Å². The minimum absolute atomic E-state index is 0.0173. The highest BCUT2D eigenvalue weighted by Gasteiger charge is 2.18. The van der Waals surface area contributed by atoms with Gasteiger partial charge in [-0.05, 0) is 42.0 Å². The third-order valence-electron chi connectivity index (χ3n) is 5.11. The number of nitrogen functional groups attached to an aromatic ring is 1. The Morgan fingerprint density at radius 1 is 1.00 bits per heavy atom. The van der Waals surface area contributed by atoms with E-state index in [0.717, 1.165) is 16.8 Å². The van der Waals surface area contributed by atoms with Crippen LogP contribution in [0.3, 0.4) is 0 Å². The molecule has 0 bridgehead atoms. The number of nitrogens with zero attached hydrogens (tertiary/aromatic N) is 6. The first-order valence-corrected chi connectivity index (χ1v) is 11.5. The van der Waals surface area contributed by atoms with Crippen LogP contribution in [0.2, 0.25) is 0 Å². The second kappa shape index (κ2) is 8.11. The number of pyridine rings is 2. The van der Waals surface area contributed by atoms with Gasteiger partial charge < -0.3 is 10.3 Å². The van der Waals surface area contributed by atoms with E-state index in [4.69, 9.17) is 10.7 Å². The van der Waals surface area contributed by atoms with E-state index in [2.05, 4.69) is 19.7 Å². The normalized spacial score (nSPS) is 11.8. The van der Waals surface area contributed by atoms with E-state index in [1.807, 2.05) is 47.0 Å². The number of anilines is 1. The van der Waals surface area contributed by atoms with Crippen LogP contribution in [0.5, 0.6) is 0 Å². The molecule has 0 radical (unpaired) electrons. The molecule has 5 aromatic rings. The van der Waals surface area contributed by atoms with Crippen molar-refractivity contribution in [2.45, 2.75) is 11.6 Å². The van der Waals surface area contributed by atoms with Gasteiger partial charge in [-0.3, -0.25) is 4.57 Å². The van der Waals surface area contributed by atoms with E-state index in [1.165, 1.54) is 12.5 Å². The lowest BCUT2D eigenvalue weighted by Crippen LogP contribution is -2.23. The fraction of sp³-hybridized carbons (Fsp3) is 0.0909. The highest BCUT2D eigenvalue weighted by atomic mass is 32.2. The average molecular weight is 461 g/mol. The maximum atomic E-state index is 12.4. The van der Waals surface area contributed by atoms with Crippen LogP contribution >= 0.6 is 0 Å². The van der Waals surface area contributed by atoms with Gasteiger partial charge in [-0.15, -0.1) is 0 Å². The molecule has 0 aliphatic rings. The summed E-state index contributed by atoms with van der Waals surface area (Å²) < 4.78 is 30.9. The van der Waals surface area contributed by atoms with Crippen LogP contribution in [-0.2, 0) is 23.6 Å². The highest BCUT2D eigenvalue weighted by Crippen LogP contribution is 2.30. The summed E-state index contributed by atoms with van der Waals surface area (Å²) in [6.45, 7) is 0.129. The molecule has 166 valence electrons. The lowest BCUT2D eigenvalue weighted by molar-refractivity contribution is 0.578. The number of nitrogens with one attached hydrogen (secondary N) is 1. The predicted octanol–water partition coefficient (Wildman–Crippen LogP) is 2.28. The lowest BCUT2D eigenvalue weighted by Gasteiger charge is -2.11. The number of hydrogen-bond donors (Lipinski definition) is 2. The van der Waals surface area contributed by atoms with Crippen LogP contribution in [0.4, 0.5) is 5.82 Å². The van der Waals surface area contributed by atoms with E-state index in [-0.39, 0.29) is 11.6 Å². The molecule has 10 nitrogen and oxygen atoms in total. The molecule has 0 amide bonds. The van der Waals surface area contributed by atoms with Crippen LogP contribution in [-0.4, -0.2) is 37.5 Å². The maximum Gasteiger partial charge on any atom is 0.259 e. The molecule has 1 aromatic carbocycles. The Morgan fingerprint density at radius 3 is 2.48 bits per heavy atom. The molecule has 0 fully saturated rings. The van der Waals surface area contributed by atoms with Gasteiger partial charge in [0, 0.05) is 37.9 Å². The summed E-state index contributed by atoms with van der Waals surface area (Å²) >= 11 is 0. The third-order valence-corrected chi connectivity index (χ3v) is 6.40. The Kier molecular flexibility index (Phi) is 5.11. The molecule has 11 heteroatoms. The van der Waals surface area contributed by atoms with Crippen LogP contribution in [0.1, 0.15) is 5.56 Å². The van der Waals surface area contributed by atoms with Crippen molar-refractivity contribution in [1.29, 1.82) is 0 Å². The number of imidazole rings is 2. The molecule has 4 aromatic heterocycles. The number of aromatic nitrogens is 6. The minimum Gasteiger partial charge on any atom is -0.383 e. The number of rotatable bonds is 6. The Hall–Kier alpha value is -4.09. The number of sulfonamides is 1. The summed E-state index contributed by atoms with van der Waals surface area (Å²) in [5, 5.41) is -0.0173. The van der Waals surface area contributed by atoms with Gasteiger partial charge in [-0.2, -0.15) is 0 Å². The predicted molar refractivity (Wildman–Crippen MR) is 124 cm³/mol. The second-order valence-electron chi connectivity index (χ2n) is 7.42. The molecule has 0 aliphatic carbocycles. The summed E-state index contributed by atoms with van der Waals surface area (Å²) in [5.74, 6) is 0.993. The first-order valence-electron chi connectivity index (χ1n) is 10.0. The fourth-order valence-electron chi connectivity index (χ4n) is 3.49. The highest BCUT2D eigenvalue weighted by molar-refractivity contribution is 7.89. The number of nitrogens with two attached hydrogens (primary N) is 1. The van der Waals surface area contributed by atoms with E-state index in [9.17, 15) is 8.42 Å². The standard InChI is InChI=1S/C22H20N8O2S/c1-29-13-19(26-14-29)33(31,32)27-12-15-6-8-16(9-7-15)30-21(17-4-2-10-24-20(17)23)28-18-5-3-11-25-22(18)30/h2-11,13-14,27H,12H2,1H3,(H2,23,24). The van der Waals surface area contributed by atoms with Gasteiger partial charge in [0.15, 0.2) is 16.5 Å². The largest absolute Gasteiger partial charge is 0.383 e. The van der Waals surface area contributed by atoms with Crippen molar-refractivity contribution in [3.05, 3.63) is 79.0 Å². The first-order chi connectivity index (χ1) is 15.9. The molecule has 0 aliphatic heterocycles. The molecule has 33 heavy (non-hydrogen) atoms. The zero-order valence-electron chi connectivity index (χ0n) is 17.6. The summed E-state index contributed by atoms with van der Waals surface area (Å²) in [4.78, 5) is 17.3. The quantitative estimate of drug-likeness (QED) is 0.397. The van der Waals surface area contributed by atoms with Crippen molar-refractivity contribution in [3.8, 4) is 17.1 Å². The van der Waals surface area contributed by atoms with Gasteiger partial charge in [-0.25, -0.2) is 33.1 Å². The van der Waals surface area contributed by atoms with Crippen molar-refractivity contribution >= 4 is 27.0 Å². The van der Waals surface area contributed by atoms with Crippen molar-refractivity contribution in [2.24, 2.45) is 7.05 Å². The number of hydrogen-bond acceptors (Lipinski definition) is 7. The van der Waals surface area contributed by atoms with Crippen LogP contribution in [0, 0.1) is 0 Å². The molecule has 0 saturated heterocycles. The van der Waals surface area contributed by atoms with Crippen LogP contribution in [0.25, 0.3) is 28.2 Å². The van der Waals surface area contributed by atoms with Gasteiger partial charge in [0.1, 0.15) is 11.3 Å². The molecule has 0 unspecified atom stereocenters.